The molecule has 4 heterocycles. The van der Waals surface area contributed by atoms with Crippen LogP contribution in [0, 0.1) is 0 Å². The number of fused-ring (bicyclic) bond motifs is 2. The fraction of sp³-hybridized carbons (Fsp3) is 0.571. The number of likely N-dealkylation sites (tertiary alicyclic amines) is 1. The number of piperidine rings is 1. The lowest BCUT2D eigenvalue weighted by Gasteiger charge is -2.44. The van der Waals surface area contributed by atoms with Gasteiger partial charge in [0.1, 0.15) is 5.82 Å². The summed E-state index contributed by atoms with van der Waals surface area (Å²) < 4.78 is 30.9. The second-order valence-electron chi connectivity index (χ2n) is 8.03. The van der Waals surface area contributed by atoms with Crippen molar-refractivity contribution in [2.45, 2.75) is 44.8 Å². The van der Waals surface area contributed by atoms with Crippen LogP contribution in [0.5, 0.6) is 0 Å². The molecule has 0 N–H and O–H groups in total. The lowest BCUT2D eigenvalue weighted by molar-refractivity contribution is -0.0981. The fourth-order valence-electron chi connectivity index (χ4n) is 4.26. The van der Waals surface area contributed by atoms with Crippen LogP contribution in [0.15, 0.2) is 24.4 Å². The van der Waals surface area contributed by atoms with E-state index in [1.165, 1.54) is 32.9 Å². The van der Waals surface area contributed by atoms with Gasteiger partial charge in [0.25, 0.3) is 0 Å². The molecule has 4 rings (SSSR count). The monoisotopic (exact) mass is 435 g/mol. The van der Waals surface area contributed by atoms with Gasteiger partial charge >= 0.3 is 0 Å². The molecule has 2 aromatic rings. The maximum Gasteiger partial charge on any atom is 0.233 e. The number of aromatic nitrogens is 1. The topological polar surface area (TPSA) is 62.7 Å². The van der Waals surface area contributed by atoms with Crippen LogP contribution < -0.4 is 4.31 Å². The van der Waals surface area contributed by atoms with E-state index in [2.05, 4.69) is 22.9 Å². The van der Waals surface area contributed by atoms with Crippen molar-refractivity contribution < 1.29 is 13.2 Å². The molecule has 0 radical (unpaired) electrons. The Morgan fingerprint density at radius 1 is 1.31 bits per heavy atom. The van der Waals surface area contributed by atoms with Crippen LogP contribution in [0.3, 0.4) is 0 Å². The molecule has 0 atom stereocenters. The van der Waals surface area contributed by atoms with Crippen LogP contribution in [0.4, 0.5) is 5.82 Å². The Bertz CT molecular complexity index is 962. The van der Waals surface area contributed by atoms with E-state index in [0.717, 1.165) is 57.5 Å². The third-order valence-electron chi connectivity index (χ3n) is 6.11. The van der Waals surface area contributed by atoms with E-state index in [0.29, 0.717) is 5.82 Å². The number of pyridine rings is 1. The number of nitrogens with zero attached hydrogens (tertiary/aromatic N) is 3. The Kier molecular flexibility index (Phi) is 5.72. The van der Waals surface area contributed by atoms with Gasteiger partial charge in [-0.2, -0.15) is 0 Å². The molecule has 6 nitrogen and oxygen atoms in total. The van der Waals surface area contributed by atoms with Crippen LogP contribution >= 0.6 is 11.3 Å². The Morgan fingerprint density at radius 2 is 2.07 bits per heavy atom. The number of anilines is 1. The van der Waals surface area contributed by atoms with Crippen molar-refractivity contribution in [3.63, 3.8) is 0 Å². The van der Waals surface area contributed by atoms with E-state index in [-0.39, 0.29) is 5.60 Å². The molecule has 158 valence electrons. The number of hydrogen-bond donors (Lipinski definition) is 0. The summed E-state index contributed by atoms with van der Waals surface area (Å²) in [6.45, 7) is 5.85. The number of ether oxygens (including phenoxy) is 1. The van der Waals surface area contributed by atoms with E-state index in [1.54, 1.807) is 12.3 Å². The SMILES string of the molecule is CCc1cc2c(s1)CCOC21CCN(Cc2ccc(N(C)S(C)(=O)=O)nc2)CC1. The number of hydrogen-bond acceptors (Lipinski definition) is 6. The van der Waals surface area contributed by atoms with Crippen LogP contribution in [0.25, 0.3) is 0 Å². The van der Waals surface area contributed by atoms with Crippen molar-refractivity contribution in [3.8, 4) is 0 Å². The second-order valence-corrected chi connectivity index (χ2v) is 11.3. The lowest BCUT2D eigenvalue weighted by Crippen LogP contribution is -2.45. The molecule has 29 heavy (non-hydrogen) atoms. The summed E-state index contributed by atoms with van der Waals surface area (Å²) in [5.74, 6) is 0.446. The van der Waals surface area contributed by atoms with Gasteiger partial charge in [-0.1, -0.05) is 13.0 Å². The first-order valence-electron chi connectivity index (χ1n) is 10.2. The molecule has 1 spiro atoms. The molecular formula is C21H29N3O3S2. The minimum Gasteiger partial charge on any atom is -0.370 e. The molecule has 1 fully saturated rings. The quantitative estimate of drug-likeness (QED) is 0.722. The lowest BCUT2D eigenvalue weighted by atomic mass is 9.82. The highest BCUT2D eigenvalue weighted by Gasteiger charge is 2.41. The van der Waals surface area contributed by atoms with Gasteiger partial charge in [-0.25, -0.2) is 13.4 Å². The highest BCUT2D eigenvalue weighted by atomic mass is 32.2. The zero-order valence-corrected chi connectivity index (χ0v) is 19.0. The highest BCUT2D eigenvalue weighted by molar-refractivity contribution is 7.92. The summed E-state index contributed by atoms with van der Waals surface area (Å²) in [6, 6.07) is 6.13. The van der Waals surface area contributed by atoms with Gasteiger partial charge in [-0.05, 0) is 42.5 Å². The van der Waals surface area contributed by atoms with Gasteiger partial charge in [0.15, 0.2) is 0 Å². The van der Waals surface area contributed by atoms with Crippen molar-refractivity contribution in [1.29, 1.82) is 0 Å². The van der Waals surface area contributed by atoms with Gasteiger partial charge < -0.3 is 4.74 Å². The fourth-order valence-corrected chi connectivity index (χ4v) is 5.88. The van der Waals surface area contributed by atoms with E-state index >= 15 is 0 Å². The van der Waals surface area contributed by atoms with Crippen molar-refractivity contribution in [1.82, 2.24) is 9.88 Å². The molecule has 0 saturated carbocycles. The summed E-state index contributed by atoms with van der Waals surface area (Å²) in [7, 11) is -1.77. The van der Waals surface area contributed by atoms with Crippen molar-refractivity contribution in [2.24, 2.45) is 0 Å². The Hall–Kier alpha value is -1.48. The number of rotatable bonds is 5. The number of thiophene rings is 1. The summed E-state index contributed by atoms with van der Waals surface area (Å²) in [5, 5.41) is 0. The second kappa shape index (κ2) is 7.98. The summed E-state index contributed by atoms with van der Waals surface area (Å²) in [5.41, 5.74) is 2.44. The van der Waals surface area contributed by atoms with Gasteiger partial charge in [0.05, 0.1) is 18.5 Å². The molecule has 2 aromatic heterocycles. The molecule has 8 heteroatoms. The minimum atomic E-state index is -3.29. The zero-order valence-electron chi connectivity index (χ0n) is 17.3. The van der Waals surface area contributed by atoms with E-state index < -0.39 is 10.0 Å². The molecule has 0 aromatic carbocycles. The predicted octanol–water partition coefficient (Wildman–Crippen LogP) is 3.17. The Labute approximate surface area is 177 Å². The Morgan fingerprint density at radius 3 is 2.69 bits per heavy atom. The number of sulfonamides is 1. The van der Waals surface area contributed by atoms with Gasteiger partial charge in [-0.15, -0.1) is 11.3 Å². The summed E-state index contributed by atoms with van der Waals surface area (Å²) >= 11 is 1.96. The maximum absolute atomic E-state index is 11.7. The highest BCUT2D eigenvalue weighted by Crippen LogP contribution is 2.44. The predicted molar refractivity (Wildman–Crippen MR) is 117 cm³/mol. The first-order chi connectivity index (χ1) is 13.8. The van der Waals surface area contributed by atoms with E-state index in [1.807, 2.05) is 17.4 Å². The molecule has 0 bridgehead atoms. The molecule has 2 aliphatic rings. The molecule has 2 aliphatic heterocycles. The van der Waals surface area contributed by atoms with E-state index in [4.69, 9.17) is 4.74 Å². The minimum absolute atomic E-state index is 0.103. The molecule has 0 aliphatic carbocycles. The summed E-state index contributed by atoms with van der Waals surface area (Å²) in [4.78, 5) is 9.76. The van der Waals surface area contributed by atoms with Crippen molar-refractivity contribution in [3.05, 3.63) is 45.3 Å². The molecule has 0 amide bonds. The average Bonchev–Trinajstić information content (AvgIpc) is 3.14. The molecular weight excluding hydrogens is 406 g/mol. The van der Waals surface area contributed by atoms with Gasteiger partial charge in [-0.3, -0.25) is 9.21 Å². The largest absolute Gasteiger partial charge is 0.370 e. The first kappa shape index (κ1) is 20.8. The standard InChI is InChI=1S/C21H29N3O3S2/c1-4-17-13-18-19(28-17)7-12-27-21(18)8-10-24(11-9-21)15-16-5-6-20(22-14-16)23(2)29(3,25)26/h5-6,13-14H,4,7-12,15H2,1-3H3. The van der Waals surface area contributed by atoms with Crippen LogP contribution in [0.1, 0.15) is 40.6 Å². The van der Waals surface area contributed by atoms with Crippen LogP contribution in [0.2, 0.25) is 0 Å². The third-order valence-corrected chi connectivity index (χ3v) is 8.63. The van der Waals surface area contributed by atoms with Gasteiger partial charge in [0, 0.05) is 49.1 Å². The van der Waals surface area contributed by atoms with Crippen LogP contribution in [-0.4, -0.2) is 51.3 Å². The third kappa shape index (κ3) is 4.21. The zero-order chi connectivity index (χ0) is 20.6. The van der Waals surface area contributed by atoms with E-state index in [9.17, 15) is 8.42 Å². The summed E-state index contributed by atoms with van der Waals surface area (Å²) in [6.07, 6.45) is 7.14. The van der Waals surface area contributed by atoms with Crippen LogP contribution in [-0.2, 0) is 39.7 Å². The molecule has 1 saturated heterocycles. The molecule has 0 unspecified atom stereocenters. The van der Waals surface area contributed by atoms with Crippen molar-refractivity contribution >= 4 is 27.2 Å². The smallest absolute Gasteiger partial charge is 0.233 e. The maximum atomic E-state index is 11.7. The normalized spacial score (nSPS) is 19.3. The van der Waals surface area contributed by atoms with Gasteiger partial charge in [0.2, 0.25) is 10.0 Å². The Balaban J connectivity index is 1.40. The first-order valence-corrected chi connectivity index (χ1v) is 12.8. The average molecular weight is 436 g/mol. The number of aryl methyl sites for hydroxylation is 1. The van der Waals surface area contributed by atoms with Crippen molar-refractivity contribution in [2.75, 3.05) is 37.3 Å².